The van der Waals surface area contributed by atoms with Gasteiger partial charge in [0, 0.05) is 12.1 Å². The second-order valence-electron chi connectivity index (χ2n) is 4.42. The van der Waals surface area contributed by atoms with Gasteiger partial charge in [0.2, 0.25) is 0 Å². The maximum atomic E-state index is 6.10. The van der Waals surface area contributed by atoms with Crippen molar-refractivity contribution in [2.24, 2.45) is 5.73 Å². The number of nitrogens with two attached hydrogens (primary N) is 1. The molecule has 96 valence electrons. The SMILES string of the molecule is Cc1cc(CNCCC(N)c2ccccc2)on1. The highest BCUT2D eigenvalue weighted by Gasteiger charge is 2.05. The molecule has 0 aliphatic rings. The van der Waals surface area contributed by atoms with Crippen LogP contribution in [0.3, 0.4) is 0 Å². The van der Waals surface area contributed by atoms with E-state index in [4.69, 9.17) is 10.3 Å². The quantitative estimate of drug-likeness (QED) is 0.765. The van der Waals surface area contributed by atoms with Gasteiger partial charge in [0.1, 0.15) is 0 Å². The van der Waals surface area contributed by atoms with E-state index >= 15 is 0 Å². The van der Waals surface area contributed by atoms with Crippen LogP contribution in [0.4, 0.5) is 0 Å². The summed E-state index contributed by atoms with van der Waals surface area (Å²) in [5.74, 6) is 0.862. The summed E-state index contributed by atoms with van der Waals surface area (Å²) in [4.78, 5) is 0. The zero-order valence-corrected chi connectivity index (χ0v) is 10.6. The van der Waals surface area contributed by atoms with Crippen molar-refractivity contribution in [3.8, 4) is 0 Å². The third-order valence-electron chi connectivity index (χ3n) is 2.84. The van der Waals surface area contributed by atoms with Crippen molar-refractivity contribution in [3.63, 3.8) is 0 Å². The minimum atomic E-state index is 0.0789. The van der Waals surface area contributed by atoms with E-state index in [9.17, 15) is 0 Å². The maximum Gasteiger partial charge on any atom is 0.150 e. The van der Waals surface area contributed by atoms with Crippen LogP contribution in [0.5, 0.6) is 0 Å². The van der Waals surface area contributed by atoms with Gasteiger partial charge in [0.25, 0.3) is 0 Å². The van der Waals surface area contributed by atoms with E-state index in [1.807, 2.05) is 31.2 Å². The van der Waals surface area contributed by atoms with Crippen molar-refractivity contribution in [3.05, 3.63) is 53.4 Å². The van der Waals surface area contributed by atoms with Gasteiger partial charge >= 0.3 is 0 Å². The van der Waals surface area contributed by atoms with Crippen molar-refractivity contribution in [2.45, 2.75) is 25.9 Å². The fourth-order valence-electron chi connectivity index (χ4n) is 1.84. The molecule has 1 atom stereocenters. The molecule has 0 bridgehead atoms. The van der Waals surface area contributed by atoms with Gasteiger partial charge < -0.3 is 15.6 Å². The average Bonchev–Trinajstić information content (AvgIpc) is 2.81. The molecule has 0 spiro atoms. The van der Waals surface area contributed by atoms with Crippen LogP contribution >= 0.6 is 0 Å². The molecule has 0 aliphatic carbocycles. The molecule has 3 N–H and O–H groups in total. The molecule has 0 aliphatic heterocycles. The van der Waals surface area contributed by atoms with Crippen LogP contribution in [-0.4, -0.2) is 11.7 Å². The highest BCUT2D eigenvalue weighted by atomic mass is 16.5. The Bertz CT molecular complexity index is 467. The van der Waals surface area contributed by atoms with Crippen molar-refractivity contribution in [2.75, 3.05) is 6.54 Å². The number of nitrogens with one attached hydrogen (secondary N) is 1. The topological polar surface area (TPSA) is 64.1 Å². The maximum absolute atomic E-state index is 6.10. The van der Waals surface area contributed by atoms with Crippen LogP contribution < -0.4 is 11.1 Å². The lowest BCUT2D eigenvalue weighted by Gasteiger charge is -2.11. The first kappa shape index (κ1) is 12.8. The largest absolute Gasteiger partial charge is 0.360 e. The van der Waals surface area contributed by atoms with Crippen LogP contribution in [0.25, 0.3) is 0 Å². The lowest BCUT2D eigenvalue weighted by Crippen LogP contribution is -2.20. The number of hydrogen-bond acceptors (Lipinski definition) is 4. The van der Waals surface area contributed by atoms with E-state index in [2.05, 4.69) is 22.6 Å². The molecule has 18 heavy (non-hydrogen) atoms. The van der Waals surface area contributed by atoms with E-state index in [-0.39, 0.29) is 6.04 Å². The second-order valence-corrected chi connectivity index (χ2v) is 4.42. The zero-order chi connectivity index (χ0) is 12.8. The molecule has 1 heterocycles. The summed E-state index contributed by atoms with van der Waals surface area (Å²) in [6.45, 7) is 3.47. The predicted octanol–water partition coefficient (Wildman–Crippen LogP) is 2.16. The zero-order valence-electron chi connectivity index (χ0n) is 10.6. The van der Waals surface area contributed by atoms with Gasteiger partial charge in [0.15, 0.2) is 5.76 Å². The van der Waals surface area contributed by atoms with Gasteiger partial charge in [0.05, 0.1) is 12.2 Å². The van der Waals surface area contributed by atoms with Crippen LogP contribution in [0.15, 0.2) is 40.9 Å². The van der Waals surface area contributed by atoms with Gasteiger partial charge in [-0.05, 0) is 25.5 Å². The average molecular weight is 245 g/mol. The molecule has 0 saturated carbocycles. The number of aromatic nitrogens is 1. The third kappa shape index (κ3) is 3.68. The first-order valence-corrected chi connectivity index (χ1v) is 6.19. The standard InChI is InChI=1S/C14H19N3O/c1-11-9-13(18-17-11)10-16-8-7-14(15)12-5-3-2-4-6-12/h2-6,9,14,16H,7-8,10,15H2,1H3. The summed E-state index contributed by atoms with van der Waals surface area (Å²) in [5.41, 5.74) is 8.19. The minimum absolute atomic E-state index is 0.0789. The van der Waals surface area contributed by atoms with Crippen molar-refractivity contribution >= 4 is 0 Å². The lowest BCUT2D eigenvalue weighted by atomic mass is 10.1. The fourth-order valence-corrected chi connectivity index (χ4v) is 1.84. The number of rotatable bonds is 6. The molecule has 0 radical (unpaired) electrons. The Balaban J connectivity index is 1.69. The summed E-state index contributed by atoms with van der Waals surface area (Å²) in [5, 5.41) is 7.14. The molecule has 0 saturated heterocycles. The molecule has 2 aromatic rings. The first-order valence-electron chi connectivity index (χ1n) is 6.19. The third-order valence-corrected chi connectivity index (χ3v) is 2.84. The summed E-state index contributed by atoms with van der Waals surface area (Å²) in [7, 11) is 0. The normalized spacial score (nSPS) is 12.6. The van der Waals surface area contributed by atoms with Gasteiger partial charge in [-0.2, -0.15) is 0 Å². The van der Waals surface area contributed by atoms with E-state index in [1.54, 1.807) is 0 Å². The lowest BCUT2D eigenvalue weighted by molar-refractivity contribution is 0.368. The summed E-state index contributed by atoms with van der Waals surface area (Å²) < 4.78 is 5.11. The summed E-state index contributed by atoms with van der Waals surface area (Å²) >= 11 is 0. The second kappa shape index (κ2) is 6.33. The molecule has 1 aromatic carbocycles. The van der Waals surface area contributed by atoms with E-state index < -0.39 is 0 Å². The molecule has 0 fully saturated rings. The summed E-state index contributed by atoms with van der Waals surface area (Å²) in [6, 6.07) is 12.2. The molecule has 2 rings (SSSR count). The van der Waals surface area contributed by atoms with Crippen molar-refractivity contribution in [1.82, 2.24) is 10.5 Å². The Labute approximate surface area is 107 Å². The monoisotopic (exact) mass is 245 g/mol. The van der Waals surface area contributed by atoms with E-state index in [0.29, 0.717) is 6.54 Å². The Morgan fingerprint density at radius 1 is 1.33 bits per heavy atom. The number of aryl methyl sites for hydroxylation is 1. The molecule has 4 heteroatoms. The molecular weight excluding hydrogens is 226 g/mol. The van der Waals surface area contributed by atoms with Gasteiger partial charge in [-0.1, -0.05) is 35.5 Å². The van der Waals surface area contributed by atoms with Gasteiger partial charge in [-0.15, -0.1) is 0 Å². The first-order chi connectivity index (χ1) is 8.75. The van der Waals surface area contributed by atoms with Gasteiger partial charge in [-0.25, -0.2) is 0 Å². The Hall–Kier alpha value is -1.65. The van der Waals surface area contributed by atoms with Crippen LogP contribution in [0.2, 0.25) is 0 Å². The van der Waals surface area contributed by atoms with E-state index in [0.717, 1.165) is 24.4 Å². The number of benzene rings is 1. The Morgan fingerprint density at radius 3 is 2.78 bits per heavy atom. The molecular formula is C14H19N3O. The van der Waals surface area contributed by atoms with Crippen LogP contribution in [0, 0.1) is 6.92 Å². The highest BCUT2D eigenvalue weighted by molar-refractivity contribution is 5.18. The fraction of sp³-hybridized carbons (Fsp3) is 0.357. The smallest absolute Gasteiger partial charge is 0.150 e. The molecule has 0 amide bonds. The predicted molar refractivity (Wildman–Crippen MR) is 70.9 cm³/mol. The van der Waals surface area contributed by atoms with Crippen molar-refractivity contribution in [1.29, 1.82) is 0 Å². The minimum Gasteiger partial charge on any atom is -0.360 e. The highest BCUT2D eigenvalue weighted by Crippen LogP contribution is 2.12. The number of nitrogens with zero attached hydrogens (tertiary/aromatic N) is 1. The van der Waals surface area contributed by atoms with E-state index in [1.165, 1.54) is 5.56 Å². The Kier molecular flexibility index (Phi) is 4.50. The van der Waals surface area contributed by atoms with Crippen LogP contribution in [0.1, 0.15) is 29.5 Å². The molecule has 1 aromatic heterocycles. The molecule has 4 nitrogen and oxygen atoms in total. The summed E-state index contributed by atoms with van der Waals surface area (Å²) in [6.07, 6.45) is 0.900. The number of hydrogen-bond donors (Lipinski definition) is 2. The Morgan fingerprint density at radius 2 is 2.11 bits per heavy atom. The van der Waals surface area contributed by atoms with Crippen LogP contribution in [-0.2, 0) is 6.54 Å². The van der Waals surface area contributed by atoms with Gasteiger partial charge in [-0.3, -0.25) is 0 Å². The molecule has 1 unspecified atom stereocenters. The van der Waals surface area contributed by atoms with Crippen molar-refractivity contribution < 1.29 is 4.52 Å².